The lowest BCUT2D eigenvalue weighted by atomic mass is 9.87. The molecule has 2 aromatic rings. The third kappa shape index (κ3) is 6.60. The fourth-order valence-electron chi connectivity index (χ4n) is 2.61. The zero-order chi connectivity index (χ0) is 21.6. The van der Waals surface area contributed by atoms with Gasteiger partial charge in [0.25, 0.3) is 11.8 Å². The topological polar surface area (TPSA) is 67.4 Å². The van der Waals surface area contributed by atoms with Crippen LogP contribution in [-0.4, -0.2) is 24.5 Å². The Morgan fingerprint density at radius 2 is 1.83 bits per heavy atom. The standard InChI is InChI=1S/C23H29BrN2O3/c1-6-15(2)25-22(28)17-9-7-8-10-19(17)26-21(27)14-29-20-12-11-16(13-18(20)24)23(3,4)5/h7-13,15H,6,14H2,1-5H3,(H,25,28)(H,26,27). The number of hydrogen-bond acceptors (Lipinski definition) is 3. The van der Waals surface area contributed by atoms with Crippen molar-refractivity contribution < 1.29 is 14.3 Å². The molecule has 1 atom stereocenters. The lowest BCUT2D eigenvalue weighted by molar-refractivity contribution is -0.118. The molecule has 2 amide bonds. The summed E-state index contributed by atoms with van der Waals surface area (Å²) < 4.78 is 6.46. The van der Waals surface area contributed by atoms with E-state index in [1.807, 2.05) is 32.0 Å². The van der Waals surface area contributed by atoms with Crippen LogP contribution in [0.1, 0.15) is 57.0 Å². The van der Waals surface area contributed by atoms with Gasteiger partial charge in [0.05, 0.1) is 15.7 Å². The van der Waals surface area contributed by atoms with Crippen molar-refractivity contribution in [3.8, 4) is 5.75 Å². The molecule has 0 saturated carbocycles. The van der Waals surface area contributed by atoms with Gasteiger partial charge < -0.3 is 15.4 Å². The molecule has 0 saturated heterocycles. The molecule has 6 heteroatoms. The summed E-state index contributed by atoms with van der Waals surface area (Å²) in [5.41, 5.74) is 2.08. The van der Waals surface area contributed by atoms with Gasteiger partial charge in [-0.1, -0.05) is 45.9 Å². The monoisotopic (exact) mass is 460 g/mol. The number of carbonyl (C=O) groups excluding carboxylic acids is 2. The van der Waals surface area contributed by atoms with Gasteiger partial charge in [0.1, 0.15) is 5.75 Å². The minimum atomic E-state index is -0.333. The Morgan fingerprint density at radius 1 is 1.14 bits per heavy atom. The van der Waals surface area contributed by atoms with Crippen LogP contribution >= 0.6 is 15.9 Å². The fourth-order valence-corrected chi connectivity index (χ4v) is 3.10. The van der Waals surface area contributed by atoms with E-state index in [9.17, 15) is 9.59 Å². The van der Waals surface area contributed by atoms with Gasteiger partial charge in [-0.25, -0.2) is 0 Å². The molecule has 2 aromatic carbocycles. The van der Waals surface area contributed by atoms with Gasteiger partial charge in [-0.05, 0) is 64.5 Å². The largest absolute Gasteiger partial charge is 0.483 e. The van der Waals surface area contributed by atoms with Gasteiger partial charge in [0.2, 0.25) is 0 Å². The molecule has 0 bridgehead atoms. The summed E-state index contributed by atoms with van der Waals surface area (Å²) in [5.74, 6) is 0.0493. The summed E-state index contributed by atoms with van der Waals surface area (Å²) in [6.07, 6.45) is 0.830. The molecular formula is C23H29BrN2O3. The predicted octanol–water partition coefficient (Wildman–Crippen LogP) is 5.29. The van der Waals surface area contributed by atoms with Gasteiger partial charge >= 0.3 is 0 Å². The summed E-state index contributed by atoms with van der Waals surface area (Å²) in [7, 11) is 0. The first-order valence-corrected chi connectivity index (χ1v) is 10.5. The van der Waals surface area contributed by atoms with E-state index >= 15 is 0 Å². The first-order chi connectivity index (χ1) is 13.6. The van der Waals surface area contributed by atoms with Crippen molar-refractivity contribution in [1.82, 2.24) is 5.32 Å². The van der Waals surface area contributed by atoms with Crippen molar-refractivity contribution in [1.29, 1.82) is 0 Å². The maximum absolute atomic E-state index is 12.5. The van der Waals surface area contributed by atoms with Gasteiger partial charge in [-0.15, -0.1) is 0 Å². The number of nitrogens with one attached hydrogen (secondary N) is 2. The number of para-hydroxylation sites is 1. The zero-order valence-electron chi connectivity index (χ0n) is 17.6. The van der Waals surface area contributed by atoms with Crippen LogP contribution in [0.5, 0.6) is 5.75 Å². The number of amides is 2. The average Bonchev–Trinajstić information content (AvgIpc) is 2.66. The molecule has 2 N–H and O–H groups in total. The maximum Gasteiger partial charge on any atom is 0.262 e. The minimum Gasteiger partial charge on any atom is -0.483 e. The summed E-state index contributed by atoms with van der Waals surface area (Å²) in [5, 5.41) is 5.68. The van der Waals surface area contributed by atoms with E-state index in [0.717, 1.165) is 10.9 Å². The number of rotatable bonds is 7. The smallest absolute Gasteiger partial charge is 0.262 e. The number of halogens is 1. The molecule has 0 spiro atoms. The molecular weight excluding hydrogens is 432 g/mol. The quantitative estimate of drug-likeness (QED) is 0.589. The van der Waals surface area contributed by atoms with E-state index in [-0.39, 0.29) is 29.9 Å². The molecule has 2 rings (SSSR count). The highest BCUT2D eigenvalue weighted by atomic mass is 79.9. The molecule has 5 nitrogen and oxygen atoms in total. The van der Waals surface area contributed by atoms with Crippen LogP contribution in [0.15, 0.2) is 46.9 Å². The Balaban J connectivity index is 2.03. The minimum absolute atomic E-state index is 0.0258. The van der Waals surface area contributed by atoms with Crippen LogP contribution in [0.2, 0.25) is 0 Å². The molecule has 0 aliphatic rings. The third-order valence-electron chi connectivity index (χ3n) is 4.59. The van der Waals surface area contributed by atoms with Crippen LogP contribution in [-0.2, 0) is 10.2 Å². The summed E-state index contributed by atoms with van der Waals surface area (Å²) in [6.45, 7) is 10.2. The lowest BCUT2D eigenvalue weighted by Gasteiger charge is -2.20. The molecule has 0 radical (unpaired) electrons. The molecule has 0 aliphatic carbocycles. The molecule has 0 fully saturated rings. The fraction of sp³-hybridized carbons (Fsp3) is 0.391. The zero-order valence-corrected chi connectivity index (χ0v) is 19.2. The summed E-state index contributed by atoms with van der Waals surface area (Å²) in [6, 6.07) is 12.8. The van der Waals surface area contributed by atoms with Crippen LogP contribution in [0, 0.1) is 0 Å². The van der Waals surface area contributed by atoms with Crippen LogP contribution in [0.25, 0.3) is 0 Å². The first-order valence-electron chi connectivity index (χ1n) is 9.74. The number of carbonyl (C=O) groups is 2. The molecule has 0 aromatic heterocycles. The third-order valence-corrected chi connectivity index (χ3v) is 5.21. The van der Waals surface area contributed by atoms with E-state index in [1.165, 1.54) is 5.56 Å². The second kappa shape index (κ2) is 9.92. The van der Waals surface area contributed by atoms with E-state index in [0.29, 0.717) is 17.0 Å². The number of hydrogen-bond donors (Lipinski definition) is 2. The molecule has 156 valence electrons. The lowest BCUT2D eigenvalue weighted by Crippen LogP contribution is -2.33. The predicted molar refractivity (Wildman–Crippen MR) is 121 cm³/mol. The SMILES string of the molecule is CCC(C)NC(=O)c1ccccc1NC(=O)COc1ccc(C(C)(C)C)cc1Br. The molecule has 0 aliphatic heterocycles. The highest BCUT2D eigenvalue weighted by Crippen LogP contribution is 2.31. The Morgan fingerprint density at radius 3 is 2.45 bits per heavy atom. The Bertz CT molecular complexity index is 875. The van der Waals surface area contributed by atoms with Crippen molar-refractivity contribution in [2.45, 2.75) is 52.5 Å². The van der Waals surface area contributed by atoms with Crippen molar-refractivity contribution in [3.63, 3.8) is 0 Å². The second-order valence-corrected chi connectivity index (χ2v) is 8.91. The highest BCUT2D eigenvalue weighted by Gasteiger charge is 2.17. The average molecular weight is 461 g/mol. The number of anilines is 1. The van der Waals surface area contributed by atoms with Crippen molar-refractivity contribution in [2.24, 2.45) is 0 Å². The van der Waals surface area contributed by atoms with Gasteiger partial charge in [-0.3, -0.25) is 9.59 Å². The first kappa shape index (κ1) is 22.9. The molecule has 1 unspecified atom stereocenters. The van der Waals surface area contributed by atoms with Crippen LogP contribution in [0.3, 0.4) is 0 Å². The second-order valence-electron chi connectivity index (χ2n) is 8.06. The van der Waals surface area contributed by atoms with Crippen molar-refractivity contribution in [2.75, 3.05) is 11.9 Å². The Kier molecular flexibility index (Phi) is 7.85. The maximum atomic E-state index is 12.5. The van der Waals surface area contributed by atoms with E-state index in [1.54, 1.807) is 24.3 Å². The van der Waals surface area contributed by atoms with E-state index in [2.05, 4.69) is 47.3 Å². The summed E-state index contributed by atoms with van der Waals surface area (Å²) in [4.78, 5) is 24.8. The van der Waals surface area contributed by atoms with Crippen molar-refractivity contribution >= 4 is 33.4 Å². The van der Waals surface area contributed by atoms with E-state index in [4.69, 9.17) is 4.74 Å². The van der Waals surface area contributed by atoms with Gasteiger partial charge in [0, 0.05) is 6.04 Å². The number of ether oxygens (including phenoxy) is 1. The molecule has 29 heavy (non-hydrogen) atoms. The van der Waals surface area contributed by atoms with Crippen molar-refractivity contribution in [3.05, 3.63) is 58.1 Å². The Labute approximate surface area is 181 Å². The van der Waals surface area contributed by atoms with Crippen LogP contribution in [0.4, 0.5) is 5.69 Å². The molecule has 0 heterocycles. The van der Waals surface area contributed by atoms with Gasteiger partial charge in [-0.2, -0.15) is 0 Å². The van der Waals surface area contributed by atoms with Crippen LogP contribution < -0.4 is 15.4 Å². The highest BCUT2D eigenvalue weighted by molar-refractivity contribution is 9.10. The Hall–Kier alpha value is -2.34. The normalized spacial score (nSPS) is 12.2. The van der Waals surface area contributed by atoms with E-state index < -0.39 is 0 Å². The van der Waals surface area contributed by atoms with Gasteiger partial charge in [0.15, 0.2) is 6.61 Å². The summed E-state index contributed by atoms with van der Waals surface area (Å²) >= 11 is 3.51. The number of benzene rings is 2.